The van der Waals surface area contributed by atoms with Gasteiger partial charge in [-0.2, -0.15) is 0 Å². The van der Waals surface area contributed by atoms with Gasteiger partial charge in [0.25, 0.3) is 0 Å². The van der Waals surface area contributed by atoms with Gasteiger partial charge in [-0.3, -0.25) is 0 Å². The summed E-state index contributed by atoms with van der Waals surface area (Å²) in [6.07, 6.45) is 3.91. The third kappa shape index (κ3) is 2.48. The topological polar surface area (TPSA) is 0 Å². The predicted octanol–water partition coefficient (Wildman–Crippen LogP) is 4.90. The zero-order valence-electron chi connectivity index (χ0n) is 7.52. The molecule has 0 aromatic carbocycles. The van der Waals surface area contributed by atoms with Crippen molar-refractivity contribution in [1.82, 2.24) is 0 Å². The van der Waals surface area contributed by atoms with Crippen molar-refractivity contribution in [3.8, 4) is 0 Å². The summed E-state index contributed by atoms with van der Waals surface area (Å²) in [7, 11) is 0. The number of thiophene rings is 1. The number of hydrogen-bond acceptors (Lipinski definition) is 1. The zero-order valence-corrected chi connectivity index (χ0v) is 10.7. The molecule has 1 unspecified atom stereocenters. The molecule has 3 heteroatoms. The summed E-state index contributed by atoms with van der Waals surface area (Å²) >= 11 is 11.7. The maximum atomic E-state index is 6.34. The highest BCUT2D eigenvalue weighted by Crippen LogP contribution is 2.44. The van der Waals surface area contributed by atoms with Gasteiger partial charge in [0.1, 0.15) is 0 Å². The maximum absolute atomic E-state index is 6.34. The number of alkyl halides is 1. The lowest BCUT2D eigenvalue weighted by Gasteiger charge is -2.06. The largest absolute Gasteiger partial charge is 0.143 e. The van der Waals surface area contributed by atoms with Crippen LogP contribution in [0.3, 0.4) is 0 Å². The van der Waals surface area contributed by atoms with E-state index in [9.17, 15) is 0 Å². The van der Waals surface area contributed by atoms with Crippen molar-refractivity contribution in [2.45, 2.75) is 31.6 Å². The molecule has 1 atom stereocenters. The minimum absolute atomic E-state index is 0.223. The molecule has 0 amide bonds. The first-order valence-corrected chi connectivity index (χ1v) is 6.61. The Morgan fingerprint density at radius 1 is 1.69 bits per heavy atom. The lowest BCUT2D eigenvalue weighted by molar-refractivity contribution is 0.712. The van der Waals surface area contributed by atoms with Crippen molar-refractivity contribution in [2.24, 2.45) is 5.92 Å². The van der Waals surface area contributed by atoms with Crippen molar-refractivity contribution in [2.75, 3.05) is 0 Å². The van der Waals surface area contributed by atoms with Gasteiger partial charge in [0.15, 0.2) is 0 Å². The minimum Gasteiger partial charge on any atom is -0.143 e. The van der Waals surface area contributed by atoms with Crippen molar-refractivity contribution < 1.29 is 0 Å². The number of aryl methyl sites for hydroxylation is 1. The van der Waals surface area contributed by atoms with Gasteiger partial charge in [-0.25, -0.2) is 0 Å². The van der Waals surface area contributed by atoms with Crippen LogP contribution in [-0.4, -0.2) is 0 Å². The van der Waals surface area contributed by atoms with Crippen LogP contribution < -0.4 is 0 Å². The number of hydrogen-bond donors (Lipinski definition) is 0. The zero-order chi connectivity index (χ0) is 9.42. The fraction of sp³-hybridized carbons (Fsp3) is 0.600. The van der Waals surface area contributed by atoms with Crippen LogP contribution in [0, 0.1) is 12.8 Å². The molecule has 1 heterocycles. The van der Waals surface area contributed by atoms with Crippen LogP contribution in [0.25, 0.3) is 0 Å². The average molecular weight is 280 g/mol. The van der Waals surface area contributed by atoms with Crippen LogP contribution in [-0.2, 0) is 0 Å². The predicted molar refractivity (Wildman–Crippen MR) is 62.7 cm³/mol. The molecule has 0 spiro atoms. The van der Waals surface area contributed by atoms with E-state index >= 15 is 0 Å². The van der Waals surface area contributed by atoms with Gasteiger partial charge < -0.3 is 0 Å². The molecule has 2 rings (SSSR count). The molecule has 0 nitrogen and oxygen atoms in total. The van der Waals surface area contributed by atoms with E-state index in [2.05, 4.69) is 28.9 Å². The summed E-state index contributed by atoms with van der Waals surface area (Å²) in [5.74, 6) is 0.900. The van der Waals surface area contributed by atoms with E-state index in [1.165, 1.54) is 27.1 Å². The molecule has 1 aromatic heterocycles. The Morgan fingerprint density at radius 3 is 2.85 bits per heavy atom. The van der Waals surface area contributed by atoms with E-state index in [0.717, 1.165) is 12.3 Å². The SMILES string of the molecule is Cc1cc(Br)c(C(Cl)CC2CC2)s1. The summed E-state index contributed by atoms with van der Waals surface area (Å²) in [5.41, 5.74) is 0. The monoisotopic (exact) mass is 278 g/mol. The Morgan fingerprint density at radius 2 is 2.38 bits per heavy atom. The second-order valence-corrected chi connectivity index (χ2v) is 6.38. The van der Waals surface area contributed by atoms with Crippen molar-refractivity contribution in [1.29, 1.82) is 0 Å². The standard InChI is InChI=1S/C10H12BrClS/c1-6-4-8(11)10(13-6)9(12)5-7-2-3-7/h4,7,9H,2-3,5H2,1H3. The van der Waals surface area contributed by atoms with Crippen LogP contribution in [0.2, 0.25) is 0 Å². The number of rotatable bonds is 3. The molecule has 13 heavy (non-hydrogen) atoms. The Bertz CT molecular complexity index is 304. The third-order valence-electron chi connectivity index (χ3n) is 2.36. The summed E-state index contributed by atoms with van der Waals surface area (Å²) in [6, 6.07) is 2.16. The molecule has 1 aromatic rings. The molecule has 72 valence electrons. The van der Waals surface area contributed by atoms with Crippen molar-refractivity contribution in [3.63, 3.8) is 0 Å². The number of halogens is 2. The molecule has 1 aliphatic carbocycles. The van der Waals surface area contributed by atoms with Crippen LogP contribution in [0.5, 0.6) is 0 Å². The quantitative estimate of drug-likeness (QED) is 0.690. The van der Waals surface area contributed by atoms with Gasteiger partial charge in [-0.1, -0.05) is 12.8 Å². The van der Waals surface area contributed by atoms with Crippen molar-refractivity contribution >= 4 is 38.9 Å². The minimum atomic E-state index is 0.223. The fourth-order valence-corrected chi connectivity index (χ4v) is 4.02. The molecule has 0 radical (unpaired) electrons. The molecule has 0 aliphatic heterocycles. The van der Waals surface area contributed by atoms with Gasteiger partial charge in [0, 0.05) is 14.2 Å². The van der Waals surface area contributed by atoms with E-state index in [0.29, 0.717) is 0 Å². The lowest BCUT2D eigenvalue weighted by Crippen LogP contribution is -1.88. The Labute approximate surface area is 96.4 Å². The Balaban J connectivity index is 2.08. The van der Waals surface area contributed by atoms with E-state index in [1.54, 1.807) is 0 Å². The van der Waals surface area contributed by atoms with Crippen LogP contribution in [0.4, 0.5) is 0 Å². The molecule has 1 fully saturated rings. The Kier molecular flexibility index (Phi) is 3.01. The summed E-state index contributed by atoms with van der Waals surface area (Å²) < 4.78 is 1.19. The van der Waals surface area contributed by atoms with Gasteiger partial charge >= 0.3 is 0 Å². The summed E-state index contributed by atoms with van der Waals surface area (Å²) in [4.78, 5) is 2.65. The second kappa shape index (κ2) is 3.92. The smallest absolute Gasteiger partial charge is 0.0692 e. The van der Waals surface area contributed by atoms with Gasteiger partial charge in [-0.05, 0) is 41.3 Å². The molecule has 0 N–H and O–H groups in total. The highest BCUT2D eigenvalue weighted by molar-refractivity contribution is 9.10. The average Bonchev–Trinajstić information content (AvgIpc) is 2.77. The maximum Gasteiger partial charge on any atom is 0.0692 e. The van der Waals surface area contributed by atoms with Crippen LogP contribution in [0.15, 0.2) is 10.5 Å². The van der Waals surface area contributed by atoms with Gasteiger partial charge in [0.05, 0.1) is 5.38 Å². The lowest BCUT2D eigenvalue weighted by atomic mass is 10.2. The van der Waals surface area contributed by atoms with Gasteiger partial charge in [0.2, 0.25) is 0 Å². The first-order chi connectivity index (χ1) is 6.16. The summed E-state index contributed by atoms with van der Waals surface area (Å²) in [5, 5.41) is 0.223. The van der Waals surface area contributed by atoms with Crippen molar-refractivity contribution in [3.05, 3.63) is 20.3 Å². The van der Waals surface area contributed by atoms with Crippen LogP contribution in [0.1, 0.15) is 34.4 Å². The Hall–Kier alpha value is 0.470. The first-order valence-electron chi connectivity index (χ1n) is 4.56. The van der Waals surface area contributed by atoms with E-state index in [1.807, 2.05) is 11.3 Å². The van der Waals surface area contributed by atoms with Gasteiger partial charge in [-0.15, -0.1) is 22.9 Å². The molecule has 0 saturated heterocycles. The fourth-order valence-electron chi connectivity index (χ4n) is 1.47. The molecular weight excluding hydrogens is 268 g/mol. The van der Waals surface area contributed by atoms with Crippen LogP contribution >= 0.6 is 38.9 Å². The molecular formula is C10H12BrClS. The highest BCUT2D eigenvalue weighted by atomic mass is 79.9. The highest BCUT2D eigenvalue weighted by Gasteiger charge is 2.26. The molecule has 1 saturated carbocycles. The normalized spacial score (nSPS) is 19.0. The molecule has 0 bridgehead atoms. The van der Waals surface area contributed by atoms with E-state index < -0.39 is 0 Å². The third-order valence-corrected chi connectivity index (χ3v) is 4.97. The first kappa shape index (κ1) is 10.0. The summed E-state index contributed by atoms with van der Waals surface area (Å²) in [6.45, 7) is 2.12. The van der Waals surface area contributed by atoms with E-state index in [4.69, 9.17) is 11.6 Å². The van der Waals surface area contributed by atoms with E-state index in [-0.39, 0.29) is 5.38 Å². The second-order valence-electron chi connectivity index (χ2n) is 3.72. The molecule has 1 aliphatic rings.